The molecular weight excluding hydrogens is 218 g/mol. The lowest BCUT2D eigenvalue weighted by molar-refractivity contribution is -0.138. The summed E-state index contributed by atoms with van der Waals surface area (Å²) in [5.41, 5.74) is 6.50. The van der Waals surface area contributed by atoms with Crippen molar-refractivity contribution in [3.05, 3.63) is 18.2 Å². The van der Waals surface area contributed by atoms with Crippen LogP contribution in [0.15, 0.2) is 12.5 Å². The van der Waals surface area contributed by atoms with Crippen molar-refractivity contribution in [2.45, 2.75) is 50.6 Å². The van der Waals surface area contributed by atoms with E-state index < -0.39 is 12.0 Å². The van der Waals surface area contributed by atoms with E-state index in [1.54, 1.807) is 12.5 Å². The first kappa shape index (κ1) is 12.1. The molecule has 5 nitrogen and oxygen atoms in total. The van der Waals surface area contributed by atoms with Crippen LogP contribution in [-0.4, -0.2) is 26.7 Å². The fourth-order valence-electron chi connectivity index (χ4n) is 2.49. The van der Waals surface area contributed by atoms with Gasteiger partial charge in [0.15, 0.2) is 0 Å². The molecule has 1 aliphatic carbocycles. The Labute approximate surface area is 101 Å². The number of hydrogen-bond acceptors (Lipinski definition) is 3. The van der Waals surface area contributed by atoms with Gasteiger partial charge in [-0.2, -0.15) is 0 Å². The van der Waals surface area contributed by atoms with Crippen molar-refractivity contribution in [1.82, 2.24) is 9.55 Å². The van der Waals surface area contributed by atoms with E-state index in [4.69, 9.17) is 10.8 Å². The van der Waals surface area contributed by atoms with E-state index in [1.165, 1.54) is 19.3 Å². The molecule has 0 radical (unpaired) electrons. The number of rotatable bonds is 4. The van der Waals surface area contributed by atoms with E-state index in [2.05, 4.69) is 9.55 Å². The first-order chi connectivity index (χ1) is 8.18. The highest BCUT2D eigenvalue weighted by molar-refractivity contribution is 5.73. The van der Waals surface area contributed by atoms with Crippen LogP contribution in [-0.2, 0) is 11.2 Å². The Morgan fingerprint density at radius 3 is 2.88 bits per heavy atom. The predicted molar refractivity (Wildman–Crippen MR) is 63.7 cm³/mol. The van der Waals surface area contributed by atoms with Crippen LogP contribution in [0.1, 0.15) is 43.8 Å². The number of carboxylic acid groups (broad SMARTS) is 1. The molecule has 1 aromatic heterocycles. The SMILES string of the molecule is N[C@@H](Cc1cncn1C1CCCCC1)C(=O)O. The van der Waals surface area contributed by atoms with Crippen LogP contribution in [0.5, 0.6) is 0 Å². The summed E-state index contributed by atoms with van der Waals surface area (Å²) < 4.78 is 2.11. The molecule has 17 heavy (non-hydrogen) atoms. The van der Waals surface area contributed by atoms with E-state index in [0.717, 1.165) is 18.5 Å². The molecule has 0 saturated heterocycles. The molecule has 1 aromatic rings. The maximum absolute atomic E-state index is 10.8. The van der Waals surface area contributed by atoms with E-state index in [9.17, 15) is 4.79 Å². The summed E-state index contributed by atoms with van der Waals surface area (Å²) in [6.45, 7) is 0. The topological polar surface area (TPSA) is 81.1 Å². The second kappa shape index (κ2) is 5.31. The lowest BCUT2D eigenvalue weighted by Gasteiger charge is -2.25. The van der Waals surface area contributed by atoms with Gasteiger partial charge in [0.1, 0.15) is 6.04 Å². The van der Waals surface area contributed by atoms with Crippen LogP contribution in [0, 0.1) is 0 Å². The van der Waals surface area contributed by atoms with E-state index in [0.29, 0.717) is 12.5 Å². The van der Waals surface area contributed by atoms with Crippen LogP contribution < -0.4 is 5.73 Å². The third kappa shape index (κ3) is 2.85. The molecule has 1 fully saturated rings. The van der Waals surface area contributed by atoms with Gasteiger partial charge in [-0.1, -0.05) is 19.3 Å². The van der Waals surface area contributed by atoms with Crippen molar-refractivity contribution < 1.29 is 9.90 Å². The zero-order valence-electron chi connectivity index (χ0n) is 9.88. The molecule has 1 atom stereocenters. The molecular formula is C12H19N3O2. The van der Waals surface area contributed by atoms with Gasteiger partial charge in [0.2, 0.25) is 0 Å². The number of aliphatic carboxylic acids is 1. The number of hydrogen-bond donors (Lipinski definition) is 2. The summed E-state index contributed by atoms with van der Waals surface area (Å²) in [6.07, 6.45) is 10.00. The minimum Gasteiger partial charge on any atom is -0.480 e. The van der Waals surface area contributed by atoms with E-state index >= 15 is 0 Å². The molecule has 2 rings (SSSR count). The van der Waals surface area contributed by atoms with E-state index in [-0.39, 0.29) is 0 Å². The summed E-state index contributed by atoms with van der Waals surface area (Å²) in [5, 5.41) is 8.83. The van der Waals surface area contributed by atoms with Crippen molar-refractivity contribution in [2.24, 2.45) is 5.73 Å². The summed E-state index contributed by atoms with van der Waals surface area (Å²) in [5.74, 6) is -0.957. The maximum Gasteiger partial charge on any atom is 0.320 e. The Morgan fingerprint density at radius 1 is 1.53 bits per heavy atom. The van der Waals surface area contributed by atoms with Gasteiger partial charge in [-0.25, -0.2) is 4.98 Å². The molecule has 0 spiro atoms. The molecule has 1 aliphatic rings. The number of carboxylic acids is 1. The smallest absolute Gasteiger partial charge is 0.320 e. The number of imidazole rings is 1. The predicted octanol–water partition coefficient (Wildman–Crippen LogP) is 1.34. The Morgan fingerprint density at radius 2 is 2.24 bits per heavy atom. The van der Waals surface area contributed by atoms with Gasteiger partial charge >= 0.3 is 5.97 Å². The highest BCUT2D eigenvalue weighted by Crippen LogP contribution is 2.29. The zero-order chi connectivity index (χ0) is 12.3. The minimum absolute atomic E-state index is 0.353. The third-order valence-electron chi connectivity index (χ3n) is 3.46. The Hall–Kier alpha value is -1.36. The molecule has 0 aromatic carbocycles. The van der Waals surface area contributed by atoms with Crippen LogP contribution in [0.3, 0.4) is 0 Å². The summed E-state index contributed by atoms with van der Waals surface area (Å²) >= 11 is 0. The van der Waals surface area contributed by atoms with Gasteiger partial charge in [-0.3, -0.25) is 4.79 Å². The maximum atomic E-state index is 10.8. The Balaban J connectivity index is 2.07. The van der Waals surface area contributed by atoms with Crippen molar-refractivity contribution in [3.8, 4) is 0 Å². The molecule has 5 heteroatoms. The molecule has 94 valence electrons. The van der Waals surface area contributed by atoms with Crippen molar-refractivity contribution >= 4 is 5.97 Å². The van der Waals surface area contributed by atoms with Crippen molar-refractivity contribution in [2.75, 3.05) is 0 Å². The summed E-state index contributed by atoms with van der Waals surface area (Å²) in [4.78, 5) is 14.9. The number of nitrogens with two attached hydrogens (primary N) is 1. The van der Waals surface area contributed by atoms with Gasteiger partial charge in [-0.05, 0) is 12.8 Å². The molecule has 0 aliphatic heterocycles. The number of carbonyl (C=O) groups is 1. The highest BCUT2D eigenvalue weighted by Gasteiger charge is 2.20. The van der Waals surface area contributed by atoms with Crippen LogP contribution in [0.25, 0.3) is 0 Å². The van der Waals surface area contributed by atoms with Crippen molar-refractivity contribution in [1.29, 1.82) is 0 Å². The Kier molecular flexibility index (Phi) is 3.78. The van der Waals surface area contributed by atoms with E-state index in [1.807, 2.05) is 0 Å². The minimum atomic E-state index is -0.957. The monoisotopic (exact) mass is 237 g/mol. The van der Waals surface area contributed by atoms with Crippen LogP contribution in [0.4, 0.5) is 0 Å². The normalized spacial score (nSPS) is 19.1. The average molecular weight is 237 g/mol. The van der Waals surface area contributed by atoms with Gasteiger partial charge < -0.3 is 15.4 Å². The lowest BCUT2D eigenvalue weighted by atomic mass is 9.95. The van der Waals surface area contributed by atoms with Gasteiger partial charge in [0.25, 0.3) is 0 Å². The van der Waals surface area contributed by atoms with Crippen LogP contribution >= 0.6 is 0 Å². The molecule has 0 bridgehead atoms. The largest absolute Gasteiger partial charge is 0.480 e. The van der Waals surface area contributed by atoms with Gasteiger partial charge in [0, 0.05) is 24.4 Å². The molecule has 3 N–H and O–H groups in total. The molecule has 0 unspecified atom stereocenters. The lowest BCUT2D eigenvalue weighted by Crippen LogP contribution is -2.33. The first-order valence-corrected chi connectivity index (χ1v) is 6.17. The van der Waals surface area contributed by atoms with Gasteiger partial charge in [-0.15, -0.1) is 0 Å². The fourth-order valence-corrected chi connectivity index (χ4v) is 2.49. The summed E-state index contributed by atoms with van der Waals surface area (Å²) in [6, 6.07) is -0.365. The fraction of sp³-hybridized carbons (Fsp3) is 0.667. The van der Waals surface area contributed by atoms with Crippen molar-refractivity contribution in [3.63, 3.8) is 0 Å². The third-order valence-corrected chi connectivity index (χ3v) is 3.46. The molecule has 1 saturated carbocycles. The zero-order valence-corrected chi connectivity index (χ0v) is 9.88. The highest BCUT2D eigenvalue weighted by atomic mass is 16.4. The standard InChI is InChI=1S/C12H19N3O2/c13-11(12(16)17)6-10-7-14-8-15(10)9-4-2-1-3-5-9/h7-9,11H,1-6,13H2,(H,16,17)/t11-/m0/s1. The van der Waals surface area contributed by atoms with Crippen LogP contribution in [0.2, 0.25) is 0 Å². The second-order valence-corrected chi connectivity index (χ2v) is 4.73. The molecule has 1 heterocycles. The molecule has 0 amide bonds. The van der Waals surface area contributed by atoms with Gasteiger partial charge in [0.05, 0.1) is 6.33 Å². The average Bonchev–Trinajstić information content (AvgIpc) is 2.78. The summed E-state index contributed by atoms with van der Waals surface area (Å²) in [7, 11) is 0. The number of nitrogens with zero attached hydrogens (tertiary/aromatic N) is 2. The second-order valence-electron chi connectivity index (χ2n) is 4.73. The number of aromatic nitrogens is 2. The quantitative estimate of drug-likeness (QED) is 0.828. The first-order valence-electron chi connectivity index (χ1n) is 6.17. The Bertz CT molecular complexity index is 383.